The normalized spacial score (nSPS) is 19.0. The molecule has 0 fully saturated rings. The maximum absolute atomic E-state index is 10.3. The number of dihydropyridines is 1. The molecule has 0 saturated carbocycles. The zero-order valence-electron chi connectivity index (χ0n) is 6.58. The van der Waals surface area contributed by atoms with Crippen LogP contribution < -0.4 is 5.32 Å². The van der Waals surface area contributed by atoms with E-state index in [9.17, 15) is 20.2 Å². The first-order chi connectivity index (χ1) is 6.34. The molecule has 0 spiro atoms. The van der Waals surface area contributed by atoms with Gasteiger partial charge in [-0.2, -0.15) is 0 Å². The number of nitrogens with zero attached hydrogens (tertiary/aromatic N) is 2. The first-order valence-corrected chi connectivity index (χ1v) is 3.28. The minimum Gasteiger partial charge on any atom is -0.340 e. The minimum absolute atomic E-state index is 0.469. The molecule has 9 heteroatoms. The third kappa shape index (κ3) is 1.67. The molecule has 0 amide bonds. The Labute approximate surface area is 76.3 Å². The topological polar surface area (TPSA) is 139 Å². The summed E-state index contributed by atoms with van der Waals surface area (Å²) in [7, 11) is 0. The first-order valence-electron chi connectivity index (χ1n) is 3.28. The molecule has 1 rings (SSSR count). The Bertz CT molecular complexity index is 356. The van der Waals surface area contributed by atoms with Gasteiger partial charge in [0, 0.05) is 0 Å². The maximum atomic E-state index is 10.3. The van der Waals surface area contributed by atoms with Crippen LogP contribution in [0, 0.1) is 20.2 Å². The summed E-state index contributed by atoms with van der Waals surface area (Å²) in [5.41, 5.74) is -1.73. The summed E-state index contributed by atoms with van der Waals surface area (Å²) in [5.74, 6) is -2.89. The fourth-order valence-corrected chi connectivity index (χ4v) is 0.816. The van der Waals surface area contributed by atoms with Gasteiger partial charge in [0.15, 0.2) is 0 Å². The van der Waals surface area contributed by atoms with Gasteiger partial charge in [0.25, 0.3) is 5.70 Å². The number of hydrogen-bond acceptors (Lipinski definition) is 7. The van der Waals surface area contributed by atoms with Crippen molar-refractivity contribution < 1.29 is 20.1 Å². The zero-order chi connectivity index (χ0) is 10.9. The Kier molecular flexibility index (Phi) is 2.19. The van der Waals surface area contributed by atoms with Crippen LogP contribution in [0.4, 0.5) is 0 Å². The van der Waals surface area contributed by atoms with Crippen molar-refractivity contribution in [1.29, 1.82) is 0 Å². The molecule has 9 nitrogen and oxygen atoms in total. The third-order valence-electron chi connectivity index (χ3n) is 1.47. The molecule has 0 bridgehead atoms. The fraction of sp³-hybridized carbons (Fsp3) is 0.200. The molecular weight excluding hydrogens is 198 g/mol. The van der Waals surface area contributed by atoms with Crippen molar-refractivity contribution in [3.63, 3.8) is 0 Å². The van der Waals surface area contributed by atoms with Crippen molar-refractivity contribution in [1.82, 2.24) is 5.32 Å². The molecule has 1 heterocycles. The van der Waals surface area contributed by atoms with E-state index in [4.69, 9.17) is 10.2 Å². The number of nitro groups is 2. The smallest absolute Gasteiger partial charge is 0.340 e. The molecule has 76 valence electrons. The highest BCUT2D eigenvalue weighted by atomic mass is 16.6. The molecule has 0 aliphatic carbocycles. The summed E-state index contributed by atoms with van der Waals surface area (Å²) in [6.45, 7) is 0. The number of hydrogen-bond donors (Lipinski definition) is 3. The largest absolute Gasteiger partial charge is 0.340 e. The summed E-state index contributed by atoms with van der Waals surface area (Å²) in [5, 5.41) is 40.1. The van der Waals surface area contributed by atoms with Gasteiger partial charge in [0.2, 0.25) is 0 Å². The maximum Gasteiger partial charge on any atom is 0.340 e. The highest BCUT2D eigenvalue weighted by molar-refractivity contribution is 5.22. The van der Waals surface area contributed by atoms with Crippen LogP contribution in [0.5, 0.6) is 0 Å². The average molecular weight is 203 g/mol. The Balaban J connectivity index is 3.12. The van der Waals surface area contributed by atoms with E-state index in [1.54, 1.807) is 5.32 Å². The summed E-state index contributed by atoms with van der Waals surface area (Å²) in [6, 6.07) is 0. The molecule has 3 N–H and O–H groups in total. The van der Waals surface area contributed by atoms with E-state index in [1.165, 1.54) is 0 Å². The number of aliphatic hydroxyl groups is 2. The molecule has 0 aromatic rings. The van der Waals surface area contributed by atoms with Gasteiger partial charge in [0.1, 0.15) is 0 Å². The van der Waals surface area contributed by atoms with Crippen molar-refractivity contribution in [3.05, 3.63) is 43.9 Å². The van der Waals surface area contributed by atoms with E-state index >= 15 is 0 Å². The second-order valence-electron chi connectivity index (χ2n) is 2.43. The lowest BCUT2D eigenvalue weighted by molar-refractivity contribution is -0.468. The van der Waals surface area contributed by atoms with E-state index in [0.29, 0.717) is 12.3 Å². The number of rotatable bonds is 2. The first kappa shape index (κ1) is 10.1. The molecular formula is C5H5N3O6. The van der Waals surface area contributed by atoms with E-state index in [2.05, 4.69) is 0 Å². The second-order valence-corrected chi connectivity index (χ2v) is 2.43. The molecule has 0 aromatic heterocycles. The predicted molar refractivity (Wildman–Crippen MR) is 40.5 cm³/mol. The summed E-state index contributed by atoms with van der Waals surface area (Å²) < 4.78 is 0. The van der Waals surface area contributed by atoms with Crippen LogP contribution in [0.25, 0.3) is 0 Å². The van der Waals surface area contributed by atoms with Gasteiger partial charge in [-0.3, -0.25) is 20.2 Å². The van der Waals surface area contributed by atoms with Gasteiger partial charge < -0.3 is 15.5 Å². The van der Waals surface area contributed by atoms with Gasteiger partial charge in [0.05, 0.1) is 22.1 Å². The SMILES string of the molecule is O=[N+]([O-])C1=CNC(O)(O)C([N+](=O)[O-])=C1. The van der Waals surface area contributed by atoms with Crippen LogP contribution in [0.3, 0.4) is 0 Å². The van der Waals surface area contributed by atoms with Gasteiger partial charge in [-0.1, -0.05) is 0 Å². The summed E-state index contributed by atoms with van der Waals surface area (Å²) in [6.07, 6.45) is 1.13. The van der Waals surface area contributed by atoms with Crippen LogP contribution in [-0.4, -0.2) is 26.0 Å². The lowest BCUT2D eigenvalue weighted by atomic mass is 10.2. The number of allylic oxidation sites excluding steroid dienone is 1. The Morgan fingerprint density at radius 1 is 1.29 bits per heavy atom. The van der Waals surface area contributed by atoms with Gasteiger partial charge in [-0.15, -0.1) is 0 Å². The molecule has 0 atom stereocenters. The minimum atomic E-state index is -2.89. The second kappa shape index (κ2) is 3.05. The Morgan fingerprint density at radius 3 is 2.29 bits per heavy atom. The van der Waals surface area contributed by atoms with Crippen molar-refractivity contribution in [2.24, 2.45) is 0 Å². The van der Waals surface area contributed by atoms with Crippen molar-refractivity contribution in [2.45, 2.75) is 5.91 Å². The quantitative estimate of drug-likeness (QED) is 0.282. The lowest BCUT2D eigenvalue weighted by Crippen LogP contribution is -2.48. The van der Waals surface area contributed by atoms with E-state index in [0.717, 1.165) is 0 Å². The fourth-order valence-electron chi connectivity index (χ4n) is 0.816. The molecule has 0 radical (unpaired) electrons. The molecule has 14 heavy (non-hydrogen) atoms. The van der Waals surface area contributed by atoms with Crippen LogP contribution >= 0.6 is 0 Å². The average Bonchev–Trinajstić information content (AvgIpc) is 2.02. The predicted octanol–water partition coefficient (Wildman–Crippen LogP) is -1.49. The van der Waals surface area contributed by atoms with Gasteiger partial charge in [-0.05, 0) is 0 Å². The Morgan fingerprint density at radius 2 is 1.86 bits per heavy atom. The van der Waals surface area contributed by atoms with Crippen LogP contribution in [0.2, 0.25) is 0 Å². The highest BCUT2D eigenvalue weighted by Gasteiger charge is 2.43. The summed E-state index contributed by atoms with van der Waals surface area (Å²) >= 11 is 0. The van der Waals surface area contributed by atoms with Crippen molar-refractivity contribution in [3.8, 4) is 0 Å². The standard InChI is InChI=1S/C5H5N3O6/c9-5(10)4(8(13)14)1-3(2-6-5)7(11)12/h1-2,6,9-10H. The monoisotopic (exact) mass is 203 g/mol. The summed E-state index contributed by atoms with van der Waals surface area (Å²) in [4.78, 5) is 18.4. The van der Waals surface area contributed by atoms with E-state index in [-0.39, 0.29) is 0 Å². The highest BCUT2D eigenvalue weighted by Crippen LogP contribution is 2.18. The van der Waals surface area contributed by atoms with Crippen molar-refractivity contribution >= 4 is 0 Å². The van der Waals surface area contributed by atoms with Crippen LogP contribution in [0.15, 0.2) is 23.7 Å². The third-order valence-corrected chi connectivity index (χ3v) is 1.47. The van der Waals surface area contributed by atoms with Crippen LogP contribution in [0.1, 0.15) is 0 Å². The van der Waals surface area contributed by atoms with Crippen molar-refractivity contribution in [2.75, 3.05) is 0 Å². The van der Waals surface area contributed by atoms with E-state index < -0.39 is 27.2 Å². The Hall–Kier alpha value is -2.00. The molecule has 0 saturated heterocycles. The molecule has 1 aliphatic heterocycles. The van der Waals surface area contributed by atoms with Crippen LogP contribution in [-0.2, 0) is 0 Å². The molecule has 0 unspecified atom stereocenters. The number of nitrogens with one attached hydrogen (secondary N) is 1. The molecule has 1 aliphatic rings. The van der Waals surface area contributed by atoms with Gasteiger partial charge in [-0.25, -0.2) is 0 Å². The van der Waals surface area contributed by atoms with E-state index in [1.807, 2.05) is 0 Å². The van der Waals surface area contributed by atoms with Gasteiger partial charge >= 0.3 is 11.6 Å². The zero-order valence-corrected chi connectivity index (χ0v) is 6.58. The molecule has 0 aromatic carbocycles. The lowest BCUT2D eigenvalue weighted by Gasteiger charge is -2.20.